The second-order valence-electron chi connectivity index (χ2n) is 5.10. The van der Waals surface area contributed by atoms with E-state index in [0.717, 1.165) is 12.5 Å². The summed E-state index contributed by atoms with van der Waals surface area (Å²) in [5.74, 6) is -1.92. The molecule has 6 heteroatoms. The quantitative estimate of drug-likeness (QED) is 0.561. The van der Waals surface area contributed by atoms with Crippen LogP contribution in [0, 0.1) is 0 Å². The zero-order valence-electron chi connectivity index (χ0n) is 12.4. The summed E-state index contributed by atoms with van der Waals surface area (Å²) in [7, 11) is 0. The van der Waals surface area contributed by atoms with Crippen LogP contribution >= 0.6 is 11.6 Å². The lowest BCUT2D eigenvalue weighted by atomic mass is 10.00. The number of hydrogen-bond acceptors (Lipinski definition) is 5. The molecule has 0 fully saturated rings. The number of hydrogen-bond donors (Lipinski definition) is 2. The molecule has 1 aromatic carbocycles. The predicted octanol–water partition coefficient (Wildman–Crippen LogP) is 3.32. The van der Waals surface area contributed by atoms with Gasteiger partial charge in [0.05, 0.1) is 11.6 Å². The van der Waals surface area contributed by atoms with Gasteiger partial charge in [-0.1, -0.05) is 29.8 Å². The van der Waals surface area contributed by atoms with Crippen LogP contribution in [0.1, 0.15) is 35.2 Å². The van der Waals surface area contributed by atoms with Gasteiger partial charge in [-0.25, -0.2) is 4.79 Å². The van der Waals surface area contributed by atoms with E-state index in [4.69, 9.17) is 16.3 Å². The molecule has 1 heterocycles. The Morgan fingerprint density at radius 3 is 2.48 bits per heavy atom. The van der Waals surface area contributed by atoms with E-state index < -0.39 is 17.5 Å². The van der Waals surface area contributed by atoms with E-state index in [1.165, 1.54) is 6.08 Å². The minimum atomic E-state index is -0.776. The van der Waals surface area contributed by atoms with E-state index in [2.05, 4.69) is 0 Å². The number of aromatic hydroxyl groups is 2. The summed E-state index contributed by atoms with van der Waals surface area (Å²) < 4.78 is 5.10. The van der Waals surface area contributed by atoms with Crippen LogP contribution in [0.4, 0.5) is 0 Å². The first-order valence-electron chi connectivity index (χ1n) is 7.25. The number of fused-ring (bicyclic) bond motifs is 1. The molecule has 0 radical (unpaired) electrons. The molecule has 2 N–H and O–H groups in total. The van der Waals surface area contributed by atoms with Crippen molar-refractivity contribution < 1.29 is 24.5 Å². The SMILES string of the molecule is O=C1C=CCC/C=C/CCOC(=O)c2c(O)cc(O)c(Cl)c2C1. The van der Waals surface area contributed by atoms with Crippen LogP contribution < -0.4 is 0 Å². The van der Waals surface area contributed by atoms with E-state index >= 15 is 0 Å². The first-order valence-corrected chi connectivity index (χ1v) is 7.63. The van der Waals surface area contributed by atoms with Gasteiger partial charge < -0.3 is 14.9 Å². The Balaban J connectivity index is 2.45. The molecule has 0 spiro atoms. The van der Waals surface area contributed by atoms with Crippen LogP contribution in [-0.4, -0.2) is 28.6 Å². The van der Waals surface area contributed by atoms with Gasteiger partial charge in [-0.3, -0.25) is 4.79 Å². The molecule has 0 unspecified atom stereocenters. The molecule has 0 aromatic heterocycles. The standard InChI is InChI=1S/C17H17ClO5/c18-16-12-9-11(19)7-5-3-1-2-4-6-8-23-17(22)15(12)13(20)10-14(16)21/h2,4-5,7,10,20-21H,1,3,6,8-9H2/b4-2+,7-5?. The van der Waals surface area contributed by atoms with E-state index in [1.807, 2.05) is 12.2 Å². The smallest absolute Gasteiger partial charge is 0.342 e. The Kier molecular flexibility index (Phi) is 5.82. The summed E-state index contributed by atoms with van der Waals surface area (Å²) in [5, 5.41) is 19.5. The third-order valence-electron chi connectivity index (χ3n) is 3.36. The second kappa shape index (κ2) is 7.83. The van der Waals surface area contributed by atoms with Crippen molar-refractivity contribution in [3.8, 4) is 11.5 Å². The van der Waals surface area contributed by atoms with Gasteiger partial charge in [0, 0.05) is 18.1 Å². The fraction of sp³-hybridized carbons (Fsp3) is 0.294. The number of carbonyl (C=O) groups excluding carboxylic acids is 2. The lowest BCUT2D eigenvalue weighted by Gasteiger charge is -2.13. The van der Waals surface area contributed by atoms with Crippen LogP contribution in [0.25, 0.3) is 0 Å². The van der Waals surface area contributed by atoms with Crippen LogP contribution in [0.15, 0.2) is 30.4 Å². The van der Waals surface area contributed by atoms with Gasteiger partial charge in [0.15, 0.2) is 5.78 Å². The highest BCUT2D eigenvalue weighted by atomic mass is 35.5. The van der Waals surface area contributed by atoms with Crippen molar-refractivity contribution in [1.29, 1.82) is 0 Å². The normalized spacial score (nSPS) is 18.0. The Bertz CT molecular complexity index is 676. The number of carbonyl (C=O) groups is 2. The Morgan fingerprint density at radius 1 is 1.00 bits per heavy atom. The number of phenolic OH excluding ortho intramolecular Hbond substituents is 2. The predicted molar refractivity (Wildman–Crippen MR) is 85.9 cm³/mol. The zero-order chi connectivity index (χ0) is 16.8. The first kappa shape index (κ1) is 17.1. The summed E-state index contributed by atoms with van der Waals surface area (Å²) in [4.78, 5) is 24.2. The number of halogens is 1. The van der Waals surface area contributed by atoms with Crippen molar-refractivity contribution in [2.45, 2.75) is 25.7 Å². The van der Waals surface area contributed by atoms with Gasteiger partial charge in [0.25, 0.3) is 0 Å². The molecule has 0 saturated carbocycles. The lowest BCUT2D eigenvalue weighted by molar-refractivity contribution is -0.114. The molecule has 0 saturated heterocycles. The van der Waals surface area contributed by atoms with Crippen LogP contribution in [-0.2, 0) is 16.0 Å². The molecule has 0 bridgehead atoms. The van der Waals surface area contributed by atoms with E-state index in [0.29, 0.717) is 12.8 Å². The molecule has 122 valence electrons. The number of ether oxygens (including phenoxy) is 1. The maximum atomic E-state index is 12.2. The van der Waals surface area contributed by atoms with E-state index in [-0.39, 0.29) is 35.0 Å². The van der Waals surface area contributed by atoms with Gasteiger partial charge in [0.2, 0.25) is 0 Å². The van der Waals surface area contributed by atoms with Gasteiger partial charge >= 0.3 is 5.97 Å². The number of ketones is 1. The highest BCUT2D eigenvalue weighted by Crippen LogP contribution is 2.37. The Morgan fingerprint density at radius 2 is 1.70 bits per heavy atom. The topological polar surface area (TPSA) is 83.8 Å². The largest absolute Gasteiger partial charge is 0.507 e. The second-order valence-corrected chi connectivity index (χ2v) is 5.48. The first-order chi connectivity index (χ1) is 11.0. The minimum Gasteiger partial charge on any atom is -0.507 e. The van der Waals surface area contributed by atoms with Crippen LogP contribution in [0.3, 0.4) is 0 Å². The number of benzene rings is 1. The molecular formula is C17H17ClO5. The summed E-state index contributed by atoms with van der Waals surface area (Å²) in [5.41, 5.74) is -0.119. The Hall–Kier alpha value is -2.27. The maximum absolute atomic E-state index is 12.2. The number of rotatable bonds is 0. The number of esters is 1. The minimum absolute atomic E-state index is 0.0661. The molecular weight excluding hydrogens is 320 g/mol. The summed E-state index contributed by atoms with van der Waals surface area (Å²) in [6.45, 7) is 0.149. The average Bonchev–Trinajstić information content (AvgIpc) is 2.50. The number of cyclic esters (lactones) is 1. The molecule has 0 amide bonds. The van der Waals surface area contributed by atoms with Crippen LogP contribution in [0.2, 0.25) is 5.02 Å². The van der Waals surface area contributed by atoms with Gasteiger partial charge in [-0.05, 0) is 25.3 Å². The van der Waals surface area contributed by atoms with Crippen molar-refractivity contribution in [2.24, 2.45) is 0 Å². The monoisotopic (exact) mass is 336 g/mol. The molecule has 23 heavy (non-hydrogen) atoms. The third-order valence-corrected chi connectivity index (χ3v) is 3.79. The summed E-state index contributed by atoms with van der Waals surface area (Å²) in [6.07, 6.45) is 8.84. The van der Waals surface area contributed by atoms with E-state index in [1.54, 1.807) is 6.08 Å². The van der Waals surface area contributed by atoms with Crippen molar-refractivity contribution in [2.75, 3.05) is 6.61 Å². The van der Waals surface area contributed by atoms with E-state index in [9.17, 15) is 19.8 Å². The zero-order valence-corrected chi connectivity index (χ0v) is 13.2. The van der Waals surface area contributed by atoms with Gasteiger partial charge in [-0.2, -0.15) is 0 Å². The molecule has 1 aliphatic heterocycles. The van der Waals surface area contributed by atoms with Gasteiger partial charge in [-0.15, -0.1) is 0 Å². The molecule has 0 atom stereocenters. The lowest BCUT2D eigenvalue weighted by Crippen LogP contribution is -2.12. The molecule has 0 aliphatic carbocycles. The van der Waals surface area contributed by atoms with Crippen molar-refractivity contribution in [1.82, 2.24) is 0 Å². The fourth-order valence-corrected chi connectivity index (χ4v) is 2.46. The highest BCUT2D eigenvalue weighted by molar-refractivity contribution is 6.33. The number of allylic oxidation sites excluding steroid dienone is 3. The van der Waals surface area contributed by atoms with Gasteiger partial charge in [0.1, 0.15) is 17.1 Å². The number of phenols is 2. The Labute approximate surface area is 138 Å². The summed E-state index contributed by atoms with van der Waals surface area (Å²) >= 11 is 6.01. The molecule has 1 aromatic rings. The molecule has 2 rings (SSSR count). The van der Waals surface area contributed by atoms with Crippen molar-refractivity contribution in [3.05, 3.63) is 46.5 Å². The van der Waals surface area contributed by atoms with Crippen molar-refractivity contribution in [3.63, 3.8) is 0 Å². The van der Waals surface area contributed by atoms with Crippen molar-refractivity contribution >= 4 is 23.4 Å². The summed E-state index contributed by atoms with van der Waals surface area (Å²) in [6, 6.07) is 0.964. The maximum Gasteiger partial charge on any atom is 0.342 e. The average molecular weight is 337 g/mol. The highest BCUT2D eigenvalue weighted by Gasteiger charge is 2.24. The third kappa shape index (κ3) is 4.36. The van der Waals surface area contributed by atoms with Crippen LogP contribution in [0.5, 0.6) is 11.5 Å². The molecule has 1 aliphatic rings. The fourth-order valence-electron chi connectivity index (χ4n) is 2.25. The molecule has 5 nitrogen and oxygen atoms in total.